The number of carbonyl (C=O) groups excluding carboxylic acids is 3. The molecule has 0 aliphatic carbocycles. The Morgan fingerprint density at radius 1 is 1.06 bits per heavy atom. The van der Waals surface area contributed by atoms with Crippen molar-refractivity contribution in [2.45, 2.75) is 28.9 Å². The molecule has 0 aromatic heterocycles. The molecular formula is C28H28N2O5S. The van der Waals surface area contributed by atoms with Crippen LogP contribution in [0.5, 0.6) is 0 Å². The quantitative estimate of drug-likeness (QED) is 0.509. The van der Waals surface area contributed by atoms with Gasteiger partial charge in [0.05, 0.1) is 23.2 Å². The number of rotatable bonds is 4. The first kappa shape index (κ1) is 23.3. The molecule has 186 valence electrons. The molecule has 1 N–H and O–H groups in total. The van der Waals surface area contributed by atoms with E-state index in [-0.39, 0.29) is 36.2 Å². The molecule has 2 fully saturated rings. The van der Waals surface area contributed by atoms with Crippen LogP contribution in [0, 0.1) is 11.8 Å². The van der Waals surface area contributed by atoms with Crippen LogP contribution in [0.4, 0.5) is 5.69 Å². The molecule has 2 amide bonds. The summed E-state index contributed by atoms with van der Waals surface area (Å²) < 4.78 is 4.63. The predicted octanol–water partition coefficient (Wildman–Crippen LogP) is 2.93. The van der Waals surface area contributed by atoms with Gasteiger partial charge in [0.15, 0.2) is 0 Å². The molecule has 1 spiro atoms. The fraction of sp³-hybridized carbons (Fsp3) is 0.393. The number of anilines is 1. The van der Waals surface area contributed by atoms with E-state index in [0.29, 0.717) is 26.0 Å². The number of amides is 2. The number of ether oxygens (including phenoxy) is 1. The number of hydrogen-bond acceptors (Lipinski definition) is 6. The van der Waals surface area contributed by atoms with Gasteiger partial charge in [-0.3, -0.25) is 14.4 Å². The molecule has 0 bridgehead atoms. The number of esters is 1. The highest BCUT2D eigenvalue weighted by Gasteiger charge is 2.70. The van der Waals surface area contributed by atoms with Crippen LogP contribution >= 0.6 is 11.8 Å². The Morgan fingerprint density at radius 3 is 2.72 bits per heavy atom. The highest BCUT2D eigenvalue weighted by molar-refractivity contribution is 8.02. The summed E-state index contributed by atoms with van der Waals surface area (Å²) in [5.74, 6) is -2.08. The molecule has 1 unspecified atom stereocenters. The first-order valence-corrected chi connectivity index (χ1v) is 13.3. The second-order valence-electron chi connectivity index (χ2n) is 9.72. The van der Waals surface area contributed by atoms with Gasteiger partial charge in [0.25, 0.3) is 5.91 Å². The first-order valence-electron chi connectivity index (χ1n) is 12.5. The van der Waals surface area contributed by atoms with E-state index in [4.69, 9.17) is 4.74 Å². The Morgan fingerprint density at radius 2 is 1.89 bits per heavy atom. The second-order valence-corrected chi connectivity index (χ2v) is 11.2. The van der Waals surface area contributed by atoms with Crippen LogP contribution in [0.1, 0.15) is 12.8 Å². The van der Waals surface area contributed by atoms with E-state index in [9.17, 15) is 19.5 Å². The number of fused-ring (bicyclic) bond motifs is 3. The molecule has 0 radical (unpaired) electrons. The lowest BCUT2D eigenvalue weighted by Crippen LogP contribution is -2.53. The third-order valence-electron chi connectivity index (χ3n) is 7.72. The number of aliphatic hydroxyl groups excluding tert-OH is 1. The number of nitrogens with zero attached hydrogens (tertiary/aromatic N) is 2. The molecule has 7 nitrogen and oxygen atoms in total. The van der Waals surface area contributed by atoms with Crippen LogP contribution in [0.3, 0.4) is 0 Å². The van der Waals surface area contributed by atoms with E-state index in [1.165, 1.54) is 11.8 Å². The lowest BCUT2D eigenvalue weighted by Gasteiger charge is -2.35. The van der Waals surface area contributed by atoms with E-state index in [1.807, 2.05) is 66.8 Å². The smallest absolute Gasteiger partial charge is 0.311 e. The molecule has 36 heavy (non-hydrogen) atoms. The topological polar surface area (TPSA) is 87.2 Å². The van der Waals surface area contributed by atoms with Crippen LogP contribution in [-0.4, -0.2) is 70.1 Å². The van der Waals surface area contributed by atoms with E-state index < -0.39 is 22.6 Å². The van der Waals surface area contributed by atoms with Gasteiger partial charge in [-0.15, -0.1) is 11.8 Å². The molecule has 5 atom stereocenters. The Labute approximate surface area is 213 Å². The average Bonchev–Trinajstić information content (AvgIpc) is 3.25. The maximum absolute atomic E-state index is 14.3. The maximum atomic E-state index is 14.3. The number of likely N-dealkylation sites (tertiary alicyclic amines) is 1. The van der Waals surface area contributed by atoms with E-state index >= 15 is 0 Å². The maximum Gasteiger partial charge on any atom is 0.311 e. The van der Waals surface area contributed by atoms with Gasteiger partial charge in [-0.25, -0.2) is 0 Å². The zero-order valence-electron chi connectivity index (χ0n) is 19.8. The minimum atomic E-state index is -0.877. The third kappa shape index (κ3) is 3.50. The van der Waals surface area contributed by atoms with Crippen molar-refractivity contribution in [2.24, 2.45) is 11.8 Å². The Bertz CT molecular complexity index is 1290. The van der Waals surface area contributed by atoms with E-state index in [2.05, 4.69) is 0 Å². The van der Waals surface area contributed by atoms with Crippen molar-refractivity contribution in [2.75, 3.05) is 31.2 Å². The molecule has 2 aromatic rings. The largest absolute Gasteiger partial charge is 0.465 e. The van der Waals surface area contributed by atoms with Gasteiger partial charge >= 0.3 is 5.97 Å². The summed E-state index contributed by atoms with van der Waals surface area (Å²) in [5, 5.41) is 11.4. The minimum absolute atomic E-state index is 0.0867. The van der Waals surface area contributed by atoms with Crippen molar-refractivity contribution in [1.82, 2.24) is 4.90 Å². The Kier molecular flexibility index (Phi) is 5.88. The molecule has 4 aliphatic heterocycles. The van der Waals surface area contributed by atoms with Gasteiger partial charge in [-0.05, 0) is 35.7 Å². The van der Waals surface area contributed by atoms with Crippen LogP contribution < -0.4 is 4.90 Å². The molecule has 0 saturated carbocycles. The first-order chi connectivity index (χ1) is 17.5. The molecule has 8 heteroatoms. The molecule has 4 heterocycles. The van der Waals surface area contributed by atoms with Gasteiger partial charge in [-0.2, -0.15) is 0 Å². The second kappa shape index (κ2) is 9.09. The summed E-state index contributed by atoms with van der Waals surface area (Å²) in [6.45, 7) is 0.836. The van der Waals surface area contributed by atoms with E-state index in [1.54, 1.807) is 9.80 Å². The zero-order chi connectivity index (χ0) is 24.9. The normalized spacial score (nSPS) is 31.5. The zero-order valence-corrected chi connectivity index (χ0v) is 20.6. The molecule has 2 aromatic carbocycles. The lowest BCUT2D eigenvalue weighted by molar-refractivity contribution is -0.153. The van der Waals surface area contributed by atoms with Gasteiger partial charge in [0, 0.05) is 30.6 Å². The summed E-state index contributed by atoms with van der Waals surface area (Å²) in [6, 6.07) is 13.2. The molecule has 6 rings (SSSR count). The van der Waals surface area contributed by atoms with Crippen molar-refractivity contribution in [3.05, 3.63) is 66.8 Å². The molecule has 4 aliphatic rings. The number of cyclic esters (lactones) is 1. The third-order valence-corrected chi connectivity index (χ3v) is 9.47. The fourth-order valence-electron chi connectivity index (χ4n) is 6.16. The lowest BCUT2D eigenvalue weighted by atomic mass is 9.78. The van der Waals surface area contributed by atoms with Crippen molar-refractivity contribution in [1.29, 1.82) is 0 Å². The number of benzene rings is 2. The number of aliphatic hydroxyl groups is 1. The van der Waals surface area contributed by atoms with Crippen molar-refractivity contribution in [3.63, 3.8) is 0 Å². The summed E-state index contributed by atoms with van der Waals surface area (Å²) >= 11 is 1.53. The van der Waals surface area contributed by atoms with Crippen molar-refractivity contribution < 1.29 is 24.2 Å². The van der Waals surface area contributed by atoms with Gasteiger partial charge in [0.1, 0.15) is 6.04 Å². The van der Waals surface area contributed by atoms with Gasteiger partial charge in [0.2, 0.25) is 5.91 Å². The standard InChI is InChI=1S/C28H28N2O5S/c31-15-6-14-30-24-26(33)29(20-11-10-18-7-1-2-8-19(18)17-20)13-5-12-28(24)23(25(30)32)22-21(36-28)9-3-4-16-35-27(22)34/h1-3,5,7-12,17,21-24,31H,4,6,13-16H2/t21-,22+,23+,24?,28+/m1/s1. The highest BCUT2D eigenvalue weighted by atomic mass is 32.2. The van der Waals surface area contributed by atoms with Gasteiger partial charge in [-0.1, -0.05) is 54.6 Å². The summed E-state index contributed by atoms with van der Waals surface area (Å²) in [6.07, 6.45) is 8.97. The highest BCUT2D eigenvalue weighted by Crippen LogP contribution is 2.60. The van der Waals surface area contributed by atoms with Crippen molar-refractivity contribution >= 4 is 46.0 Å². The fourth-order valence-corrected chi connectivity index (χ4v) is 8.17. The summed E-state index contributed by atoms with van der Waals surface area (Å²) in [4.78, 5) is 44.7. The van der Waals surface area contributed by atoms with Crippen LogP contribution in [-0.2, 0) is 19.1 Å². The molecule has 2 saturated heterocycles. The van der Waals surface area contributed by atoms with Crippen molar-refractivity contribution in [3.8, 4) is 0 Å². The predicted molar refractivity (Wildman–Crippen MR) is 138 cm³/mol. The van der Waals surface area contributed by atoms with Gasteiger partial charge < -0.3 is 19.6 Å². The molecular weight excluding hydrogens is 476 g/mol. The number of thioether (sulfide) groups is 1. The van der Waals surface area contributed by atoms with Crippen LogP contribution in [0.2, 0.25) is 0 Å². The average molecular weight is 505 g/mol. The van der Waals surface area contributed by atoms with Crippen LogP contribution in [0.15, 0.2) is 66.8 Å². The monoisotopic (exact) mass is 504 g/mol. The van der Waals surface area contributed by atoms with E-state index in [0.717, 1.165) is 16.5 Å². The SMILES string of the molecule is O=C1OCCC=C[C@H]2S[C@]34C=CCN(c5ccc6ccccc6c5)C(=O)C3N(CCCO)C(=O)[C@@H]4[C@@H]12. The summed E-state index contributed by atoms with van der Waals surface area (Å²) in [5.41, 5.74) is 0.770. The van der Waals surface area contributed by atoms with Crippen LogP contribution in [0.25, 0.3) is 10.8 Å². The summed E-state index contributed by atoms with van der Waals surface area (Å²) in [7, 11) is 0. The Hall–Kier alpha value is -3.10. The number of carbonyl (C=O) groups is 3. The Balaban J connectivity index is 1.45. The number of hydrogen-bond donors (Lipinski definition) is 1. The minimum Gasteiger partial charge on any atom is -0.465 e.